The second kappa shape index (κ2) is 6.51. The van der Waals surface area contributed by atoms with Crippen LogP contribution in [0.25, 0.3) is 0 Å². The summed E-state index contributed by atoms with van der Waals surface area (Å²) in [5, 5.41) is 9.58. The molecule has 0 unspecified atom stereocenters. The number of hydrogen-bond donors (Lipinski definition) is 0. The Kier molecular flexibility index (Phi) is 4.92. The van der Waals surface area contributed by atoms with Gasteiger partial charge in [0, 0.05) is 0 Å². The van der Waals surface area contributed by atoms with E-state index >= 15 is 0 Å². The van der Waals surface area contributed by atoms with Crippen molar-refractivity contribution in [2.75, 3.05) is 0 Å². The monoisotopic (exact) mass is 295 g/mol. The molecule has 0 atom stereocenters. The highest BCUT2D eigenvalue weighted by atomic mass is 19.4. The summed E-state index contributed by atoms with van der Waals surface area (Å²) in [4.78, 5) is 0. The molecule has 0 N–H and O–H groups in total. The first-order valence-electron chi connectivity index (χ1n) is 7.53. The number of rotatable bonds is 2. The van der Waals surface area contributed by atoms with Crippen molar-refractivity contribution in [3.05, 3.63) is 35.4 Å². The summed E-state index contributed by atoms with van der Waals surface area (Å²) in [6, 6.07) is 7.83. The lowest BCUT2D eigenvalue weighted by molar-refractivity contribution is -0.137. The van der Waals surface area contributed by atoms with Crippen molar-refractivity contribution < 1.29 is 13.2 Å². The minimum Gasteiger partial charge on any atom is -0.198 e. The highest BCUT2D eigenvalue weighted by molar-refractivity contribution is 5.27. The van der Waals surface area contributed by atoms with E-state index in [-0.39, 0.29) is 0 Å². The molecular weight excluding hydrogens is 275 g/mol. The van der Waals surface area contributed by atoms with Gasteiger partial charge in [-0.25, -0.2) is 0 Å². The Morgan fingerprint density at radius 1 is 1.05 bits per heavy atom. The van der Waals surface area contributed by atoms with E-state index < -0.39 is 17.2 Å². The van der Waals surface area contributed by atoms with Crippen LogP contribution < -0.4 is 0 Å². The average Bonchev–Trinajstić information content (AvgIpc) is 2.41. The van der Waals surface area contributed by atoms with E-state index in [1.165, 1.54) is 18.6 Å². The molecule has 1 aliphatic rings. The first-order chi connectivity index (χ1) is 9.95. The minimum absolute atomic E-state index is 0.424. The number of nitrogens with zero attached hydrogens (tertiary/aromatic N) is 1. The molecule has 4 heteroatoms. The summed E-state index contributed by atoms with van der Waals surface area (Å²) in [5.74, 6) is 0. The van der Waals surface area contributed by atoms with Crippen LogP contribution in [-0.2, 0) is 12.6 Å². The van der Waals surface area contributed by atoms with E-state index in [0.717, 1.165) is 44.6 Å². The van der Waals surface area contributed by atoms with E-state index in [2.05, 4.69) is 6.07 Å². The molecule has 1 nitrogen and oxygen atoms in total. The van der Waals surface area contributed by atoms with Crippen LogP contribution in [0.3, 0.4) is 0 Å². The fourth-order valence-corrected chi connectivity index (χ4v) is 3.16. The predicted molar refractivity (Wildman–Crippen MR) is 75.5 cm³/mol. The molecule has 0 spiro atoms. The van der Waals surface area contributed by atoms with Crippen LogP contribution in [0.5, 0.6) is 0 Å². The van der Waals surface area contributed by atoms with Gasteiger partial charge >= 0.3 is 6.18 Å². The third kappa shape index (κ3) is 4.23. The summed E-state index contributed by atoms with van der Waals surface area (Å²) >= 11 is 0. The summed E-state index contributed by atoms with van der Waals surface area (Å²) in [5.41, 5.74) is -0.504. The van der Waals surface area contributed by atoms with E-state index in [0.29, 0.717) is 12.0 Å². The zero-order valence-corrected chi connectivity index (χ0v) is 12.0. The third-order valence-corrected chi connectivity index (χ3v) is 4.34. The lowest BCUT2D eigenvalue weighted by atomic mass is 9.73. The molecule has 21 heavy (non-hydrogen) atoms. The van der Waals surface area contributed by atoms with Crippen LogP contribution >= 0.6 is 0 Å². The molecule has 0 saturated heterocycles. The Labute approximate surface area is 123 Å². The normalized spacial score (nSPS) is 19.3. The van der Waals surface area contributed by atoms with Crippen molar-refractivity contribution in [1.29, 1.82) is 5.26 Å². The quantitative estimate of drug-likeness (QED) is 0.706. The zero-order chi connectivity index (χ0) is 15.3. The third-order valence-electron chi connectivity index (χ3n) is 4.34. The molecule has 1 aliphatic carbocycles. The predicted octanol–water partition coefficient (Wildman–Crippen LogP) is 5.50. The first-order valence-corrected chi connectivity index (χ1v) is 7.53. The second-order valence-electron chi connectivity index (χ2n) is 6.03. The summed E-state index contributed by atoms with van der Waals surface area (Å²) in [6.45, 7) is 0. The SMILES string of the molecule is N#CC1(Cc2cccc(C(F)(F)F)c2)CCCCCCC1. The van der Waals surface area contributed by atoms with Crippen molar-refractivity contribution in [3.63, 3.8) is 0 Å². The van der Waals surface area contributed by atoms with Gasteiger partial charge in [-0.3, -0.25) is 0 Å². The second-order valence-corrected chi connectivity index (χ2v) is 6.03. The van der Waals surface area contributed by atoms with E-state index in [1.807, 2.05) is 0 Å². The highest BCUT2D eigenvalue weighted by Gasteiger charge is 2.33. The van der Waals surface area contributed by atoms with Gasteiger partial charge in [0.2, 0.25) is 0 Å². The van der Waals surface area contributed by atoms with Crippen molar-refractivity contribution in [3.8, 4) is 6.07 Å². The van der Waals surface area contributed by atoms with Crippen LogP contribution in [-0.4, -0.2) is 0 Å². The van der Waals surface area contributed by atoms with Gasteiger partial charge in [-0.15, -0.1) is 0 Å². The maximum atomic E-state index is 12.8. The Bertz CT molecular complexity index is 506. The van der Waals surface area contributed by atoms with Crippen molar-refractivity contribution >= 4 is 0 Å². The van der Waals surface area contributed by atoms with Gasteiger partial charge in [-0.1, -0.05) is 50.3 Å². The standard InChI is InChI=1S/C17H20F3N/c18-17(19,20)15-8-6-7-14(11-15)12-16(13-21)9-4-2-1-3-5-10-16/h6-8,11H,1-5,9-10,12H2. The molecule has 0 aromatic heterocycles. The molecule has 0 amide bonds. The van der Waals surface area contributed by atoms with Crippen LogP contribution in [0, 0.1) is 16.7 Å². The van der Waals surface area contributed by atoms with Crippen LogP contribution in [0.2, 0.25) is 0 Å². The van der Waals surface area contributed by atoms with Crippen LogP contribution in [0.1, 0.15) is 56.1 Å². The van der Waals surface area contributed by atoms with E-state index in [9.17, 15) is 18.4 Å². The molecule has 0 bridgehead atoms. The lowest BCUT2D eigenvalue weighted by Crippen LogP contribution is -2.23. The number of benzene rings is 1. The molecule has 0 heterocycles. The number of alkyl halides is 3. The Morgan fingerprint density at radius 2 is 1.67 bits per heavy atom. The summed E-state index contributed by atoms with van der Waals surface area (Å²) in [7, 11) is 0. The van der Waals surface area contributed by atoms with Crippen molar-refractivity contribution in [2.45, 2.75) is 57.5 Å². The van der Waals surface area contributed by atoms with Crippen LogP contribution in [0.4, 0.5) is 13.2 Å². The van der Waals surface area contributed by atoms with Gasteiger partial charge in [0.15, 0.2) is 0 Å². The van der Waals surface area contributed by atoms with Crippen LogP contribution in [0.15, 0.2) is 24.3 Å². The lowest BCUT2D eigenvalue weighted by Gasteiger charge is -2.29. The molecule has 114 valence electrons. The fraction of sp³-hybridized carbons (Fsp3) is 0.588. The smallest absolute Gasteiger partial charge is 0.198 e. The topological polar surface area (TPSA) is 23.8 Å². The number of hydrogen-bond acceptors (Lipinski definition) is 1. The van der Waals surface area contributed by atoms with Gasteiger partial charge in [0.25, 0.3) is 0 Å². The van der Waals surface area contributed by atoms with Gasteiger partial charge in [-0.05, 0) is 30.9 Å². The average molecular weight is 295 g/mol. The maximum Gasteiger partial charge on any atom is 0.416 e. The summed E-state index contributed by atoms with van der Waals surface area (Å²) in [6.07, 6.45) is 3.10. The van der Waals surface area contributed by atoms with Crippen molar-refractivity contribution in [2.24, 2.45) is 5.41 Å². The Hall–Kier alpha value is -1.50. The summed E-state index contributed by atoms with van der Waals surface area (Å²) < 4.78 is 38.3. The molecule has 1 fully saturated rings. The molecule has 0 radical (unpaired) electrons. The van der Waals surface area contributed by atoms with Crippen molar-refractivity contribution in [1.82, 2.24) is 0 Å². The molecule has 2 rings (SSSR count). The maximum absolute atomic E-state index is 12.8. The van der Waals surface area contributed by atoms with E-state index in [4.69, 9.17) is 0 Å². The van der Waals surface area contributed by atoms with Gasteiger partial charge < -0.3 is 0 Å². The number of halogens is 3. The first kappa shape index (κ1) is 15.9. The van der Waals surface area contributed by atoms with Gasteiger partial charge in [0.1, 0.15) is 0 Å². The largest absolute Gasteiger partial charge is 0.416 e. The molecular formula is C17H20F3N. The fourth-order valence-electron chi connectivity index (χ4n) is 3.16. The van der Waals surface area contributed by atoms with Gasteiger partial charge in [-0.2, -0.15) is 18.4 Å². The Morgan fingerprint density at radius 3 is 2.24 bits per heavy atom. The molecule has 1 aromatic carbocycles. The molecule has 1 aromatic rings. The Balaban J connectivity index is 2.19. The van der Waals surface area contributed by atoms with E-state index in [1.54, 1.807) is 6.07 Å². The minimum atomic E-state index is -4.32. The number of nitriles is 1. The molecule has 0 aliphatic heterocycles. The van der Waals surface area contributed by atoms with Gasteiger partial charge in [0.05, 0.1) is 17.0 Å². The highest BCUT2D eigenvalue weighted by Crippen LogP contribution is 2.38. The zero-order valence-electron chi connectivity index (χ0n) is 12.0. The molecule has 1 saturated carbocycles.